The summed E-state index contributed by atoms with van der Waals surface area (Å²) in [5.74, 6) is -1.28. The quantitative estimate of drug-likeness (QED) is 0.850. The van der Waals surface area contributed by atoms with Gasteiger partial charge in [0, 0.05) is 37.3 Å². The predicted molar refractivity (Wildman–Crippen MR) is 77.9 cm³/mol. The molecule has 0 unspecified atom stereocenters. The Bertz CT molecular complexity index is 722. The molecule has 2 heterocycles. The molecule has 2 aromatic rings. The summed E-state index contributed by atoms with van der Waals surface area (Å²) in [6.07, 6.45) is 0. The molecule has 0 amide bonds. The number of piperazine rings is 1. The summed E-state index contributed by atoms with van der Waals surface area (Å²) in [5.41, 5.74) is 0.120. The van der Waals surface area contributed by atoms with E-state index >= 15 is 0 Å². The van der Waals surface area contributed by atoms with Crippen LogP contribution >= 0.6 is 11.5 Å². The molecular weight excluding hydrogens is 278 g/mol. The lowest BCUT2D eigenvalue weighted by molar-refractivity contribution is 0.0690. The van der Waals surface area contributed by atoms with Gasteiger partial charge < -0.3 is 15.3 Å². The minimum atomic E-state index is -1.28. The van der Waals surface area contributed by atoms with Crippen LogP contribution in [0.3, 0.4) is 0 Å². The SMILES string of the molecule is O=C(O)c1nsc2cc(N3CCNCC3)ccc2c1=O. The first-order valence-electron chi connectivity index (χ1n) is 6.29. The molecule has 1 saturated heterocycles. The van der Waals surface area contributed by atoms with E-state index in [9.17, 15) is 9.59 Å². The third kappa shape index (κ3) is 2.25. The molecule has 0 bridgehead atoms. The number of anilines is 1. The van der Waals surface area contributed by atoms with Crippen molar-refractivity contribution in [3.63, 3.8) is 0 Å². The van der Waals surface area contributed by atoms with Gasteiger partial charge in [0.05, 0.1) is 4.70 Å². The highest BCUT2D eigenvalue weighted by atomic mass is 32.1. The van der Waals surface area contributed by atoms with Gasteiger partial charge in [-0.2, -0.15) is 4.37 Å². The van der Waals surface area contributed by atoms with Crippen molar-refractivity contribution in [1.29, 1.82) is 0 Å². The van der Waals surface area contributed by atoms with E-state index in [0.717, 1.165) is 48.1 Å². The maximum atomic E-state index is 12.0. The van der Waals surface area contributed by atoms with Gasteiger partial charge in [0.1, 0.15) is 0 Å². The molecule has 1 aromatic carbocycles. The lowest BCUT2D eigenvalue weighted by Crippen LogP contribution is -2.43. The van der Waals surface area contributed by atoms with Gasteiger partial charge in [0.2, 0.25) is 11.1 Å². The van der Waals surface area contributed by atoms with Gasteiger partial charge in [0.15, 0.2) is 0 Å². The van der Waals surface area contributed by atoms with E-state index in [1.807, 2.05) is 12.1 Å². The average Bonchev–Trinajstić information content (AvgIpc) is 2.48. The molecule has 20 heavy (non-hydrogen) atoms. The average molecular weight is 291 g/mol. The molecule has 1 aliphatic heterocycles. The van der Waals surface area contributed by atoms with Crippen molar-refractivity contribution in [3.05, 3.63) is 34.1 Å². The Labute approximate surface area is 118 Å². The van der Waals surface area contributed by atoms with Crippen LogP contribution in [0.15, 0.2) is 23.0 Å². The summed E-state index contributed by atoms with van der Waals surface area (Å²) >= 11 is 1.05. The molecule has 0 atom stereocenters. The van der Waals surface area contributed by atoms with Crippen LogP contribution in [0.5, 0.6) is 0 Å². The monoisotopic (exact) mass is 291 g/mol. The normalized spacial score (nSPS) is 15.5. The summed E-state index contributed by atoms with van der Waals surface area (Å²) in [4.78, 5) is 25.1. The third-order valence-electron chi connectivity index (χ3n) is 3.34. The Kier molecular flexibility index (Phi) is 3.37. The maximum Gasteiger partial charge on any atom is 0.359 e. The lowest BCUT2D eigenvalue weighted by Gasteiger charge is -2.29. The van der Waals surface area contributed by atoms with E-state index in [1.54, 1.807) is 6.07 Å². The number of nitrogens with one attached hydrogen (secondary N) is 1. The minimum Gasteiger partial charge on any atom is -0.476 e. The van der Waals surface area contributed by atoms with Crippen molar-refractivity contribution in [2.24, 2.45) is 0 Å². The Morgan fingerprint density at radius 3 is 2.80 bits per heavy atom. The van der Waals surface area contributed by atoms with Crippen molar-refractivity contribution in [2.45, 2.75) is 0 Å². The highest BCUT2D eigenvalue weighted by molar-refractivity contribution is 7.12. The summed E-state index contributed by atoms with van der Waals surface area (Å²) in [6.45, 7) is 3.71. The molecule has 104 valence electrons. The summed E-state index contributed by atoms with van der Waals surface area (Å²) in [7, 11) is 0. The van der Waals surface area contributed by atoms with Crippen LogP contribution in [-0.4, -0.2) is 41.6 Å². The van der Waals surface area contributed by atoms with Crippen molar-refractivity contribution >= 4 is 33.3 Å². The molecule has 0 saturated carbocycles. The zero-order chi connectivity index (χ0) is 14.1. The third-order valence-corrected chi connectivity index (χ3v) is 4.15. The first-order chi connectivity index (χ1) is 9.66. The van der Waals surface area contributed by atoms with E-state index in [1.165, 1.54) is 0 Å². The van der Waals surface area contributed by atoms with E-state index in [4.69, 9.17) is 5.11 Å². The first-order valence-corrected chi connectivity index (χ1v) is 7.07. The van der Waals surface area contributed by atoms with Crippen molar-refractivity contribution in [3.8, 4) is 0 Å². The number of rotatable bonds is 2. The van der Waals surface area contributed by atoms with Crippen molar-refractivity contribution in [2.75, 3.05) is 31.1 Å². The Hall–Kier alpha value is -1.99. The molecule has 7 heteroatoms. The minimum absolute atomic E-state index is 0.405. The van der Waals surface area contributed by atoms with Crippen LogP contribution in [0.25, 0.3) is 10.1 Å². The topological polar surface area (TPSA) is 82.5 Å². The van der Waals surface area contributed by atoms with E-state index in [-0.39, 0.29) is 0 Å². The zero-order valence-corrected chi connectivity index (χ0v) is 11.4. The fourth-order valence-electron chi connectivity index (χ4n) is 2.29. The number of benzene rings is 1. The smallest absolute Gasteiger partial charge is 0.359 e. The van der Waals surface area contributed by atoms with E-state index < -0.39 is 17.1 Å². The standard InChI is InChI=1S/C13H13N3O3S/c17-12-9-2-1-8(16-5-3-14-4-6-16)7-10(9)20-15-11(12)13(18)19/h1-2,7,14H,3-6H2,(H,18,19). The van der Waals surface area contributed by atoms with E-state index in [2.05, 4.69) is 14.6 Å². The first kappa shape index (κ1) is 13.0. The molecule has 1 aromatic heterocycles. The number of hydrogen-bond acceptors (Lipinski definition) is 6. The second-order valence-corrected chi connectivity index (χ2v) is 5.39. The Morgan fingerprint density at radius 2 is 2.10 bits per heavy atom. The molecular formula is C13H13N3O3S. The van der Waals surface area contributed by atoms with Crippen molar-refractivity contribution in [1.82, 2.24) is 9.69 Å². The van der Waals surface area contributed by atoms with Crippen LogP contribution < -0.4 is 15.6 Å². The molecule has 0 radical (unpaired) electrons. The summed E-state index contributed by atoms with van der Waals surface area (Å²) in [5, 5.41) is 12.6. The van der Waals surface area contributed by atoms with Gasteiger partial charge >= 0.3 is 5.97 Å². The maximum absolute atomic E-state index is 12.0. The number of hydrogen-bond donors (Lipinski definition) is 2. The van der Waals surface area contributed by atoms with Gasteiger partial charge in [-0.25, -0.2) is 4.79 Å². The molecule has 3 rings (SSSR count). The fraction of sp³-hybridized carbons (Fsp3) is 0.308. The van der Waals surface area contributed by atoms with Crippen LogP contribution in [0.1, 0.15) is 10.5 Å². The van der Waals surface area contributed by atoms with Gasteiger partial charge in [-0.1, -0.05) is 0 Å². The number of nitrogens with zero attached hydrogens (tertiary/aromatic N) is 2. The lowest BCUT2D eigenvalue weighted by atomic mass is 10.2. The number of carbonyl (C=O) groups is 1. The number of carboxylic acids is 1. The predicted octanol–water partition coefficient (Wildman–Crippen LogP) is 0.764. The van der Waals surface area contributed by atoms with Gasteiger partial charge in [-0.3, -0.25) is 4.79 Å². The van der Waals surface area contributed by atoms with Gasteiger partial charge in [-0.05, 0) is 29.7 Å². The highest BCUT2D eigenvalue weighted by Gasteiger charge is 2.15. The number of fused-ring (bicyclic) bond motifs is 1. The summed E-state index contributed by atoms with van der Waals surface area (Å²) in [6, 6.07) is 5.47. The van der Waals surface area contributed by atoms with Crippen molar-refractivity contribution < 1.29 is 9.90 Å². The van der Waals surface area contributed by atoms with E-state index in [0.29, 0.717) is 5.39 Å². The zero-order valence-electron chi connectivity index (χ0n) is 10.6. The molecule has 1 fully saturated rings. The van der Waals surface area contributed by atoms with Crippen LogP contribution in [0, 0.1) is 0 Å². The van der Waals surface area contributed by atoms with Crippen LogP contribution in [0.2, 0.25) is 0 Å². The van der Waals surface area contributed by atoms with Gasteiger partial charge in [-0.15, -0.1) is 0 Å². The number of carboxylic acid groups (broad SMARTS) is 1. The number of aromatic nitrogens is 1. The molecule has 1 aliphatic rings. The molecule has 0 aliphatic carbocycles. The Morgan fingerprint density at radius 1 is 1.35 bits per heavy atom. The molecule has 2 N–H and O–H groups in total. The molecule has 0 spiro atoms. The second-order valence-electron chi connectivity index (χ2n) is 4.58. The highest BCUT2D eigenvalue weighted by Crippen LogP contribution is 2.23. The van der Waals surface area contributed by atoms with Crippen LogP contribution in [-0.2, 0) is 0 Å². The fourth-order valence-corrected chi connectivity index (χ4v) is 3.08. The Balaban J connectivity index is 2.06. The summed E-state index contributed by atoms with van der Waals surface area (Å²) < 4.78 is 4.51. The second kappa shape index (κ2) is 5.18. The van der Waals surface area contributed by atoms with Crippen LogP contribution in [0.4, 0.5) is 5.69 Å². The molecule has 6 nitrogen and oxygen atoms in total. The number of aromatic carboxylic acids is 1. The largest absolute Gasteiger partial charge is 0.476 e. The van der Waals surface area contributed by atoms with Gasteiger partial charge in [0.25, 0.3) is 0 Å².